The number of imidazole rings is 1. The van der Waals surface area contributed by atoms with Gasteiger partial charge in [0, 0.05) is 5.69 Å². The number of aromatic nitrogens is 6. The van der Waals surface area contributed by atoms with E-state index in [-0.39, 0.29) is 11.6 Å². The SMILES string of the molecule is COc1cccc(-c2c(C(C)Nc3ncnc4[nH]cnc34)nc3cccc(C)n3c2=O)c1.O=C(O)C(F)(F)F. The van der Waals surface area contributed by atoms with Crippen LogP contribution in [0, 0.1) is 6.92 Å². The molecule has 1 aromatic carbocycles. The number of hydrogen-bond donors (Lipinski definition) is 3. The zero-order valence-electron chi connectivity index (χ0n) is 20.8. The van der Waals surface area contributed by atoms with E-state index in [1.807, 2.05) is 56.3 Å². The molecule has 0 amide bonds. The molecular weight excluding hydrogens is 519 g/mol. The molecule has 39 heavy (non-hydrogen) atoms. The molecule has 0 saturated carbocycles. The van der Waals surface area contributed by atoms with Crippen molar-refractivity contribution in [1.29, 1.82) is 0 Å². The Hall–Kier alpha value is -5.01. The van der Waals surface area contributed by atoms with Crippen LogP contribution in [-0.4, -0.2) is 53.7 Å². The fraction of sp³-hybridized carbons (Fsp3) is 0.200. The number of carboxylic acid groups (broad SMARTS) is 1. The number of nitrogens with zero attached hydrogens (tertiary/aromatic N) is 5. The Morgan fingerprint density at radius 1 is 1.15 bits per heavy atom. The van der Waals surface area contributed by atoms with Crippen molar-refractivity contribution < 1.29 is 27.8 Å². The number of carboxylic acids is 1. The molecule has 4 heterocycles. The summed E-state index contributed by atoms with van der Waals surface area (Å²) in [4.78, 5) is 43.3. The van der Waals surface area contributed by atoms with Gasteiger partial charge < -0.3 is 20.1 Å². The van der Waals surface area contributed by atoms with Gasteiger partial charge in [0.1, 0.15) is 23.2 Å². The molecule has 0 aliphatic heterocycles. The van der Waals surface area contributed by atoms with Crippen LogP contribution in [0.15, 0.2) is 59.9 Å². The molecule has 11 nitrogen and oxygen atoms in total. The Kier molecular flexibility index (Phi) is 7.47. The minimum absolute atomic E-state index is 0.141. The van der Waals surface area contributed by atoms with Crippen molar-refractivity contribution in [3.63, 3.8) is 0 Å². The number of anilines is 1. The summed E-state index contributed by atoms with van der Waals surface area (Å²) in [5.41, 5.74) is 4.34. The van der Waals surface area contributed by atoms with Crippen LogP contribution in [0.2, 0.25) is 0 Å². The van der Waals surface area contributed by atoms with Gasteiger partial charge in [-0.05, 0) is 43.7 Å². The number of ether oxygens (including phenoxy) is 1. The van der Waals surface area contributed by atoms with Crippen molar-refractivity contribution in [2.24, 2.45) is 0 Å². The predicted octanol–water partition coefficient (Wildman–Crippen LogP) is 4.15. The molecule has 0 aliphatic carbocycles. The lowest BCUT2D eigenvalue weighted by Gasteiger charge is -2.19. The summed E-state index contributed by atoms with van der Waals surface area (Å²) in [6.45, 7) is 3.83. The average molecular weight is 541 g/mol. The van der Waals surface area contributed by atoms with E-state index in [0.29, 0.717) is 39.6 Å². The number of halogens is 3. The van der Waals surface area contributed by atoms with Gasteiger partial charge in [-0.3, -0.25) is 9.20 Å². The zero-order valence-corrected chi connectivity index (χ0v) is 20.8. The number of benzene rings is 1. The smallest absolute Gasteiger partial charge is 0.490 e. The first-order valence-corrected chi connectivity index (χ1v) is 11.4. The molecule has 5 aromatic rings. The van der Waals surface area contributed by atoms with Crippen molar-refractivity contribution in [1.82, 2.24) is 29.3 Å². The molecule has 5 rings (SSSR count). The highest BCUT2D eigenvalue weighted by molar-refractivity contribution is 5.82. The highest BCUT2D eigenvalue weighted by Crippen LogP contribution is 2.30. The summed E-state index contributed by atoms with van der Waals surface area (Å²) in [5, 5.41) is 10.5. The first kappa shape index (κ1) is 27.0. The number of rotatable bonds is 5. The summed E-state index contributed by atoms with van der Waals surface area (Å²) in [7, 11) is 1.60. The highest BCUT2D eigenvalue weighted by atomic mass is 19.4. The van der Waals surface area contributed by atoms with Gasteiger partial charge in [-0.2, -0.15) is 13.2 Å². The number of nitrogens with one attached hydrogen (secondary N) is 2. The number of H-pyrrole nitrogens is 1. The number of aliphatic carboxylic acids is 1. The van der Waals surface area contributed by atoms with Gasteiger partial charge in [-0.15, -0.1) is 0 Å². The lowest BCUT2D eigenvalue weighted by atomic mass is 10.0. The number of aryl methyl sites for hydroxylation is 1. The topological polar surface area (TPSA) is 147 Å². The summed E-state index contributed by atoms with van der Waals surface area (Å²) >= 11 is 0. The molecule has 14 heteroatoms. The van der Waals surface area contributed by atoms with Gasteiger partial charge in [-0.1, -0.05) is 18.2 Å². The van der Waals surface area contributed by atoms with Gasteiger partial charge >= 0.3 is 12.1 Å². The van der Waals surface area contributed by atoms with E-state index in [0.717, 1.165) is 11.3 Å². The van der Waals surface area contributed by atoms with E-state index >= 15 is 0 Å². The molecule has 0 aliphatic rings. The van der Waals surface area contributed by atoms with E-state index < -0.39 is 12.1 Å². The normalized spacial score (nSPS) is 12.1. The number of hydrogen-bond acceptors (Lipinski definition) is 8. The maximum atomic E-state index is 13.7. The van der Waals surface area contributed by atoms with Gasteiger partial charge in [0.25, 0.3) is 5.56 Å². The van der Waals surface area contributed by atoms with Crippen LogP contribution < -0.4 is 15.6 Å². The Balaban J connectivity index is 0.000000448. The zero-order chi connectivity index (χ0) is 28.3. The first-order valence-electron chi connectivity index (χ1n) is 11.4. The standard InChI is InChI=1S/C23H21N7O2.C2HF3O2/c1-13-6-4-9-17-29-19(14(2)28-22-20-21(25-11-24-20)26-12-27-22)18(23(31)30(13)17)15-7-5-8-16(10-15)32-3;3-2(4,5)1(6)7/h4-12,14H,1-3H3,(H2,24,25,26,27,28);(H,6,7). The van der Waals surface area contributed by atoms with Crippen molar-refractivity contribution >= 4 is 28.6 Å². The number of methoxy groups -OCH3 is 1. The number of aromatic amines is 1. The number of carbonyl (C=O) groups is 1. The van der Waals surface area contributed by atoms with Crippen LogP contribution in [-0.2, 0) is 4.79 Å². The van der Waals surface area contributed by atoms with Crippen LogP contribution >= 0.6 is 0 Å². The number of pyridine rings is 1. The molecule has 0 fully saturated rings. The van der Waals surface area contributed by atoms with E-state index in [2.05, 4.69) is 25.3 Å². The molecule has 1 unspecified atom stereocenters. The van der Waals surface area contributed by atoms with Crippen molar-refractivity contribution in [2.45, 2.75) is 26.1 Å². The Labute approximate surface area is 218 Å². The second-order valence-corrected chi connectivity index (χ2v) is 8.26. The number of alkyl halides is 3. The van der Waals surface area contributed by atoms with Crippen LogP contribution in [0.5, 0.6) is 5.75 Å². The minimum atomic E-state index is -5.08. The van der Waals surface area contributed by atoms with Crippen LogP contribution in [0.25, 0.3) is 27.9 Å². The monoisotopic (exact) mass is 541 g/mol. The molecule has 4 aromatic heterocycles. The fourth-order valence-corrected chi connectivity index (χ4v) is 3.86. The molecule has 0 radical (unpaired) electrons. The summed E-state index contributed by atoms with van der Waals surface area (Å²) in [5.74, 6) is -1.53. The van der Waals surface area contributed by atoms with Gasteiger partial charge in [0.2, 0.25) is 0 Å². The first-order chi connectivity index (χ1) is 18.5. The second-order valence-electron chi connectivity index (χ2n) is 8.26. The lowest BCUT2D eigenvalue weighted by molar-refractivity contribution is -0.192. The Morgan fingerprint density at radius 2 is 1.87 bits per heavy atom. The Bertz CT molecular complexity index is 1720. The van der Waals surface area contributed by atoms with Gasteiger partial charge in [0.15, 0.2) is 11.5 Å². The molecule has 0 bridgehead atoms. The molecule has 0 spiro atoms. The molecule has 202 valence electrons. The third-order valence-electron chi connectivity index (χ3n) is 5.65. The molecule has 3 N–H and O–H groups in total. The van der Waals surface area contributed by atoms with E-state index in [1.54, 1.807) is 17.8 Å². The van der Waals surface area contributed by atoms with Crippen molar-refractivity contribution in [2.75, 3.05) is 12.4 Å². The van der Waals surface area contributed by atoms with E-state index in [9.17, 15) is 18.0 Å². The van der Waals surface area contributed by atoms with Crippen molar-refractivity contribution in [3.05, 3.63) is 76.9 Å². The summed E-state index contributed by atoms with van der Waals surface area (Å²) < 4.78 is 38.8. The van der Waals surface area contributed by atoms with Crippen LogP contribution in [0.3, 0.4) is 0 Å². The largest absolute Gasteiger partial charge is 0.497 e. The fourth-order valence-electron chi connectivity index (χ4n) is 3.86. The van der Waals surface area contributed by atoms with Gasteiger partial charge in [0.05, 0.1) is 30.7 Å². The molecule has 0 saturated heterocycles. The summed E-state index contributed by atoms with van der Waals surface area (Å²) in [6, 6.07) is 12.7. The average Bonchev–Trinajstić information content (AvgIpc) is 3.38. The van der Waals surface area contributed by atoms with Crippen LogP contribution in [0.1, 0.15) is 24.4 Å². The van der Waals surface area contributed by atoms with E-state index in [4.69, 9.17) is 19.6 Å². The van der Waals surface area contributed by atoms with Gasteiger partial charge in [-0.25, -0.2) is 24.7 Å². The Morgan fingerprint density at radius 3 is 2.56 bits per heavy atom. The quantitative estimate of drug-likeness (QED) is 0.298. The van der Waals surface area contributed by atoms with E-state index in [1.165, 1.54) is 6.33 Å². The minimum Gasteiger partial charge on any atom is -0.497 e. The molecular formula is C25H22F3N7O4. The third-order valence-corrected chi connectivity index (χ3v) is 5.65. The second kappa shape index (κ2) is 10.8. The summed E-state index contributed by atoms with van der Waals surface area (Å²) in [6.07, 6.45) is -2.05. The maximum absolute atomic E-state index is 13.7. The van der Waals surface area contributed by atoms with Crippen molar-refractivity contribution in [3.8, 4) is 16.9 Å². The lowest BCUT2D eigenvalue weighted by Crippen LogP contribution is -2.24. The van der Waals surface area contributed by atoms with Crippen LogP contribution in [0.4, 0.5) is 19.0 Å². The third kappa shape index (κ3) is 5.63. The molecule has 1 atom stereocenters. The predicted molar refractivity (Wildman–Crippen MR) is 136 cm³/mol. The maximum Gasteiger partial charge on any atom is 0.490 e. The highest BCUT2D eigenvalue weighted by Gasteiger charge is 2.38. The number of fused-ring (bicyclic) bond motifs is 2.